The fraction of sp³-hybridized carbons (Fsp3) is 1.00. The molecule has 1 heteroatoms. The van der Waals surface area contributed by atoms with Gasteiger partial charge in [0.25, 0.3) is 0 Å². The van der Waals surface area contributed by atoms with E-state index in [0.717, 1.165) is 0 Å². The van der Waals surface area contributed by atoms with Gasteiger partial charge in [0.15, 0.2) is 0 Å². The summed E-state index contributed by atoms with van der Waals surface area (Å²) in [5, 5.41) is 0.595. The van der Waals surface area contributed by atoms with Gasteiger partial charge in [0.2, 0.25) is 0 Å². The van der Waals surface area contributed by atoms with Crippen LogP contribution in [0.25, 0.3) is 0 Å². The first kappa shape index (κ1) is 6.34. The van der Waals surface area contributed by atoms with Crippen LogP contribution in [-0.4, -0.2) is 10.2 Å². The van der Waals surface area contributed by atoms with Gasteiger partial charge in [-0.15, -0.1) is 0 Å². The van der Waals surface area contributed by atoms with Crippen molar-refractivity contribution in [2.24, 2.45) is 0 Å². The first-order valence-electron chi connectivity index (χ1n) is 3.50. The minimum atomic E-state index is 0.595. The molecule has 0 bridgehead atoms. The molecule has 1 aliphatic rings. The molecule has 0 aromatic rings. The molecule has 0 aromatic carbocycles. The maximum absolute atomic E-state index is 2.96. The smallest absolute Gasteiger partial charge is 0.0228 e. The average Bonchev–Trinajstić information content (AvgIpc) is 1.65. The van der Waals surface area contributed by atoms with Crippen molar-refractivity contribution in [3.8, 4) is 0 Å². The van der Waals surface area contributed by atoms with Crippen LogP contribution in [0.1, 0.15) is 39.0 Å². The lowest BCUT2D eigenvalue weighted by Gasteiger charge is -2.28. The van der Waals surface area contributed by atoms with E-state index in [4.69, 9.17) is 0 Å². The third-order valence-electron chi connectivity index (χ3n) is 2.00. The number of hydrogen-bond donors (Lipinski definition) is 0. The van der Waals surface area contributed by atoms with Gasteiger partial charge in [0.05, 0.1) is 0 Å². The monoisotopic (exact) mass is 126 g/mol. The highest BCUT2D eigenvalue weighted by Gasteiger charge is 2.19. The van der Waals surface area contributed by atoms with Crippen LogP contribution in [0.5, 0.6) is 0 Å². The van der Waals surface area contributed by atoms with Crippen LogP contribution in [-0.2, 0) is 0 Å². The molecular weight excluding hydrogens is 112 g/mol. The Morgan fingerprint density at radius 1 is 1.12 bits per heavy atom. The Bertz CT molecular complexity index is 68.5. The van der Waals surface area contributed by atoms with Gasteiger partial charge in [0, 0.05) is 10.2 Å². The fourth-order valence-electron chi connectivity index (χ4n) is 1.36. The third-order valence-corrected chi connectivity index (χ3v) is 2.57. The highest BCUT2D eigenvalue weighted by atomic mass is 28.1. The molecule has 0 saturated heterocycles. The SMILES string of the molecule is CC1([SiH])CCCCC1. The highest BCUT2D eigenvalue weighted by Crippen LogP contribution is 2.38. The Balaban J connectivity index is 2.33. The van der Waals surface area contributed by atoms with Crippen LogP contribution in [0, 0.1) is 0 Å². The normalized spacial score (nSPS) is 27.8. The minimum Gasteiger partial charge on any atom is -0.0629 e. The van der Waals surface area contributed by atoms with Crippen molar-refractivity contribution in [2.45, 2.75) is 44.1 Å². The van der Waals surface area contributed by atoms with E-state index >= 15 is 0 Å². The van der Waals surface area contributed by atoms with E-state index in [1.165, 1.54) is 32.1 Å². The lowest BCUT2D eigenvalue weighted by atomic mass is 9.90. The van der Waals surface area contributed by atoms with Crippen molar-refractivity contribution in [1.29, 1.82) is 0 Å². The topological polar surface area (TPSA) is 0 Å². The molecule has 1 saturated carbocycles. The molecular formula is C7H14Si. The molecule has 0 N–H and O–H groups in total. The largest absolute Gasteiger partial charge is 0.0629 e. The first-order valence-corrected chi connectivity index (χ1v) is 4.07. The molecule has 46 valence electrons. The predicted octanol–water partition coefficient (Wildman–Crippen LogP) is 2.03. The van der Waals surface area contributed by atoms with Gasteiger partial charge in [-0.2, -0.15) is 0 Å². The van der Waals surface area contributed by atoms with E-state index in [1.54, 1.807) is 0 Å². The van der Waals surface area contributed by atoms with E-state index in [9.17, 15) is 0 Å². The van der Waals surface area contributed by atoms with Gasteiger partial charge < -0.3 is 0 Å². The van der Waals surface area contributed by atoms with Crippen molar-refractivity contribution in [2.75, 3.05) is 0 Å². The molecule has 0 heterocycles. The highest BCUT2D eigenvalue weighted by molar-refractivity contribution is 6.14. The Labute approximate surface area is 55.1 Å². The number of rotatable bonds is 0. The van der Waals surface area contributed by atoms with E-state index in [2.05, 4.69) is 17.2 Å². The molecule has 1 aliphatic carbocycles. The van der Waals surface area contributed by atoms with Gasteiger partial charge >= 0.3 is 0 Å². The number of hydrogen-bond acceptors (Lipinski definition) is 0. The quantitative estimate of drug-likeness (QED) is 0.436. The molecule has 1 rings (SSSR count). The van der Waals surface area contributed by atoms with E-state index < -0.39 is 0 Å². The van der Waals surface area contributed by atoms with Gasteiger partial charge in [-0.05, 0) is 5.04 Å². The summed E-state index contributed by atoms with van der Waals surface area (Å²) in [5.41, 5.74) is 0. The van der Waals surface area contributed by atoms with Crippen LogP contribution in [0.3, 0.4) is 0 Å². The molecule has 0 aromatic heterocycles. The first-order chi connectivity index (χ1) is 3.71. The zero-order valence-electron chi connectivity index (χ0n) is 5.61. The van der Waals surface area contributed by atoms with Crippen LogP contribution < -0.4 is 0 Å². The zero-order valence-corrected chi connectivity index (χ0v) is 6.77. The Morgan fingerprint density at radius 3 is 1.88 bits per heavy atom. The summed E-state index contributed by atoms with van der Waals surface area (Å²) in [6, 6.07) is 0. The molecule has 0 spiro atoms. The standard InChI is InChI=1S/C7H14Si/c1-7(8)5-3-2-4-6-7/h8H,2-6H2,1H3. The van der Waals surface area contributed by atoms with E-state index in [-0.39, 0.29) is 0 Å². The summed E-state index contributed by atoms with van der Waals surface area (Å²) in [6.07, 6.45) is 7.18. The third kappa shape index (κ3) is 1.62. The molecule has 0 aliphatic heterocycles. The van der Waals surface area contributed by atoms with E-state index in [1.807, 2.05) is 0 Å². The Hall–Kier alpha value is 0.217. The molecule has 0 nitrogen and oxygen atoms in total. The summed E-state index contributed by atoms with van der Waals surface area (Å²) in [7, 11) is 2.96. The van der Waals surface area contributed by atoms with Crippen molar-refractivity contribution in [1.82, 2.24) is 0 Å². The van der Waals surface area contributed by atoms with E-state index in [0.29, 0.717) is 5.04 Å². The minimum absolute atomic E-state index is 0.595. The summed E-state index contributed by atoms with van der Waals surface area (Å²) in [6.45, 7) is 2.34. The van der Waals surface area contributed by atoms with Crippen LogP contribution >= 0.6 is 0 Å². The van der Waals surface area contributed by atoms with Crippen LogP contribution in [0.15, 0.2) is 0 Å². The lowest BCUT2D eigenvalue weighted by molar-refractivity contribution is 0.404. The van der Waals surface area contributed by atoms with Gasteiger partial charge in [-0.1, -0.05) is 39.0 Å². The molecule has 8 heavy (non-hydrogen) atoms. The lowest BCUT2D eigenvalue weighted by Crippen LogP contribution is -2.11. The Morgan fingerprint density at radius 2 is 1.62 bits per heavy atom. The molecule has 2 radical (unpaired) electrons. The second kappa shape index (κ2) is 2.22. The van der Waals surface area contributed by atoms with Gasteiger partial charge in [-0.3, -0.25) is 0 Å². The van der Waals surface area contributed by atoms with Crippen molar-refractivity contribution in [3.05, 3.63) is 0 Å². The summed E-state index contributed by atoms with van der Waals surface area (Å²) in [5.74, 6) is 0. The molecule has 1 fully saturated rings. The molecule has 0 atom stereocenters. The summed E-state index contributed by atoms with van der Waals surface area (Å²) >= 11 is 0. The summed E-state index contributed by atoms with van der Waals surface area (Å²) in [4.78, 5) is 0. The maximum atomic E-state index is 2.96. The summed E-state index contributed by atoms with van der Waals surface area (Å²) < 4.78 is 0. The fourth-order valence-corrected chi connectivity index (χ4v) is 1.77. The second-order valence-electron chi connectivity index (χ2n) is 3.21. The maximum Gasteiger partial charge on any atom is 0.0228 e. The van der Waals surface area contributed by atoms with Crippen LogP contribution in [0.2, 0.25) is 5.04 Å². The van der Waals surface area contributed by atoms with Crippen molar-refractivity contribution in [3.63, 3.8) is 0 Å². The predicted molar refractivity (Wildman–Crippen MR) is 38.6 cm³/mol. The second-order valence-corrected chi connectivity index (χ2v) is 4.61. The molecule has 0 amide bonds. The van der Waals surface area contributed by atoms with Crippen molar-refractivity contribution < 1.29 is 0 Å². The molecule has 0 unspecified atom stereocenters. The van der Waals surface area contributed by atoms with Crippen molar-refractivity contribution >= 4 is 10.2 Å². The van der Waals surface area contributed by atoms with Gasteiger partial charge in [-0.25, -0.2) is 0 Å². The average molecular weight is 126 g/mol. The zero-order chi connectivity index (χ0) is 6.04. The van der Waals surface area contributed by atoms with Gasteiger partial charge in [0.1, 0.15) is 0 Å². The Kier molecular flexibility index (Phi) is 1.76. The van der Waals surface area contributed by atoms with Crippen LogP contribution in [0.4, 0.5) is 0 Å².